The average Bonchev–Trinajstić information content (AvgIpc) is 3.48. The number of aromatic nitrogens is 4. The van der Waals surface area contributed by atoms with Crippen LogP contribution >= 0.6 is 11.6 Å². The van der Waals surface area contributed by atoms with E-state index in [9.17, 15) is 9.59 Å². The molecule has 0 unspecified atom stereocenters. The predicted octanol–water partition coefficient (Wildman–Crippen LogP) is 1.79. The maximum atomic E-state index is 12.6. The highest BCUT2D eigenvalue weighted by atomic mass is 35.5. The summed E-state index contributed by atoms with van der Waals surface area (Å²) in [5, 5.41) is 3.31. The van der Waals surface area contributed by atoms with E-state index in [4.69, 9.17) is 25.8 Å². The largest absolute Gasteiger partial charge is 0.354 e. The zero-order chi connectivity index (χ0) is 24.7. The molecule has 0 aliphatic carbocycles. The van der Waals surface area contributed by atoms with E-state index < -0.39 is 30.3 Å². The number of amides is 2. The van der Waals surface area contributed by atoms with Crippen molar-refractivity contribution in [2.45, 2.75) is 51.1 Å². The lowest BCUT2D eigenvalue weighted by molar-refractivity contribution is -0.197. The van der Waals surface area contributed by atoms with Crippen molar-refractivity contribution in [3.8, 4) is 0 Å². The van der Waals surface area contributed by atoms with Crippen LogP contribution in [0.2, 0.25) is 5.02 Å². The van der Waals surface area contributed by atoms with Crippen molar-refractivity contribution < 1.29 is 23.8 Å². The second-order valence-electron chi connectivity index (χ2n) is 8.54. The van der Waals surface area contributed by atoms with Gasteiger partial charge in [-0.15, -0.1) is 0 Å². The molecule has 13 heteroatoms. The lowest BCUT2D eigenvalue weighted by Crippen LogP contribution is -2.42. The van der Waals surface area contributed by atoms with E-state index in [1.54, 1.807) is 42.7 Å². The highest BCUT2D eigenvalue weighted by molar-refractivity contribution is 6.30. The van der Waals surface area contributed by atoms with Crippen LogP contribution in [-0.4, -0.2) is 62.0 Å². The molecule has 2 aromatic heterocycles. The summed E-state index contributed by atoms with van der Waals surface area (Å²) in [6.45, 7) is 5.87. The quantitative estimate of drug-likeness (QED) is 0.431. The number of nitrogens with one attached hydrogen (secondary N) is 3. The van der Waals surface area contributed by atoms with E-state index in [0.29, 0.717) is 28.3 Å². The van der Waals surface area contributed by atoms with Crippen LogP contribution in [0.25, 0.3) is 11.2 Å². The SMILES string of the molecule is CCNC(=O)[C@H]1O[C@@H](n2cnc3c(NNC(=O)c4ccc(Cl)cc4)ncnc32)[C@@H]2OC(C)(C)O[C@@H]21. The Hall–Kier alpha value is -3.32. The highest BCUT2D eigenvalue weighted by Crippen LogP contribution is 2.43. The van der Waals surface area contributed by atoms with E-state index in [2.05, 4.69) is 31.1 Å². The van der Waals surface area contributed by atoms with E-state index in [-0.39, 0.29) is 17.6 Å². The molecule has 2 fully saturated rings. The molecular weight excluding hydrogens is 478 g/mol. The molecule has 0 bridgehead atoms. The molecule has 3 N–H and O–H groups in total. The molecule has 12 nitrogen and oxygen atoms in total. The van der Waals surface area contributed by atoms with E-state index in [1.165, 1.54) is 12.7 Å². The van der Waals surface area contributed by atoms with Crippen molar-refractivity contribution in [3.05, 3.63) is 47.5 Å². The van der Waals surface area contributed by atoms with Crippen molar-refractivity contribution >= 4 is 40.4 Å². The Labute approximate surface area is 205 Å². The fourth-order valence-electron chi connectivity index (χ4n) is 4.21. The minimum absolute atomic E-state index is 0.280. The first-order valence-electron chi connectivity index (χ1n) is 11.1. The zero-order valence-corrected chi connectivity index (χ0v) is 19.9. The van der Waals surface area contributed by atoms with Crippen LogP contribution in [0, 0.1) is 0 Å². The molecule has 0 spiro atoms. The van der Waals surface area contributed by atoms with Crippen LogP contribution in [0.5, 0.6) is 0 Å². The van der Waals surface area contributed by atoms with Gasteiger partial charge in [0.1, 0.15) is 18.5 Å². The number of hydrazine groups is 1. The van der Waals surface area contributed by atoms with Crippen LogP contribution in [0.15, 0.2) is 36.9 Å². The third-order valence-corrected chi connectivity index (χ3v) is 5.92. The molecule has 5 rings (SSSR count). The Morgan fingerprint density at radius 3 is 2.60 bits per heavy atom. The molecule has 2 aliphatic heterocycles. The summed E-state index contributed by atoms with van der Waals surface area (Å²) >= 11 is 5.88. The van der Waals surface area contributed by atoms with Crippen molar-refractivity contribution in [2.24, 2.45) is 0 Å². The fourth-order valence-corrected chi connectivity index (χ4v) is 4.33. The van der Waals surface area contributed by atoms with Gasteiger partial charge in [0.15, 0.2) is 35.1 Å². The van der Waals surface area contributed by atoms with Crippen LogP contribution in [0.1, 0.15) is 37.4 Å². The second-order valence-corrected chi connectivity index (χ2v) is 8.98. The summed E-state index contributed by atoms with van der Waals surface area (Å²) < 4.78 is 19.8. The Kier molecular flexibility index (Phi) is 6.05. The molecule has 3 aromatic rings. The summed E-state index contributed by atoms with van der Waals surface area (Å²) in [6, 6.07) is 6.46. The number of nitrogens with zero attached hydrogens (tertiary/aromatic N) is 4. The third-order valence-electron chi connectivity index (χ3n) is 5.67. The van der Waals surface area contributed by atoms with Crippen molar-refractivity contribution in [1.82, 2.24) is 30.3 Å². The zero-order valence-electron chi connectivity index (χ0n) is 19.2. The number of hydrogen-bond donors (Lipinski definition) is 3. The summed E-state index contributed by atoms with van der Waals surface area (Å²) in [5.41, 5.74) is 6.61. The smallest absolute Gasteiger partial charge is 0.269 e. The van der Waals surface area contributed by atoms with Crippen LogP contribution in [-0.2, 0) is 19.0 Å². The van der Waals surface area contributed by atoms with E-state index >= 15 is 0 Å². The second kappa shape index (κ2) is 9.04. The van der Waals surface area contributed by atoms with Gasteiger partial charge in [-0.1, -0.05) is 11.6 Å². The first-order chi connectivity index (χ1) is 16.8. The van der Waals surface area contributed by atoms with Gasteiger partial charge >= 0.3 is 0 Å². The Morgan fingerprint density at radius 2 is 1.86 bits per heavy atom. The summed E-state index contributed by atoms with van der Waals surface area (Å²) in [4.78, 5) is 38.0. The minimum atomic E-state index is -0.883. The molecule has 1 aromatic carbocycles. The Bertz CT molecular complexity index is 1260. The summed E-state index contributed by atoms with van der Waals surface area (Å²) in [5.74, 6) is -1.25. The molecule has 2 saturated heterocycles. The van der Waals surface area contributed by atoms with Gasteiger partial charge in [-0.2, -0.15) is 0 Å². The topological polar surface area (TPSA) is 142 Å². The number of carbonyl (C=O) groups excluding carboxylic acids is 2. The average molecular weight is 502 g/mol. The standard InChI is InChI=1S/C22H24ClN7O5/c1-4-24-20(32)15-14-16(35-22(2,3)34-14)21(33-15)30-10-27-13-17(25-9-26-18(13)30)28-29-19(31)11-5-7-12(23)8-6-11/h5-10,14-16,21H,4H2,1-3H3,(H,24,32)(H,29,31)(H,25,26,28)/t14-,15+,16-,21-/m1/s1. The molecule has 184 valence electrons. The maximum Gasteiger partial charge on any atom is 0.269 e. The number of carbonyl (C=O) groups is 2. The van der Waals surface area contributed by atoms with Crippen LogP contribution < -0.4 is 16.2 Å². The Morgan fingerprint density at radius 1 is 1.11 bits per heavy atom. The predicted molar refractivity (Wildman–Crippen MR) is 124 cm³/mol. The van der Waals surface area contributed by atoms with Crippen molar-refractivity contribution in [1.29, 1.82) is 0 Å². The van der Waals surface area contributed by atoms with Crippen LogP contribution in [0.4, 0.5) is 5.82 Å². The normalized spacial score (nSPS) is 24.8. The number of fused-ring (bicyclic) bond motifs is 2. The van der Waals surface area contributed by atoms with Gasteiger partial charge in [0.25, 0.3) is 11.8 Å². The molecule has 4 heterocycles. The maximum absolute atomic E-state index is 12.6. The lowest BCUT2D eigenvalue weighted by Gasteiger charge is -2.24. The van der Waals surface area contributed by atoms with Crippen LogP contribution in [0.3, 0.4) is 0 Å². The molecular formula is C22H24ClN7O5. The number of anilines is 1. The van der Waals surface area contributed by atoms with Gasteiger partial charge in [0.2, 0.25) is 0 Å². The van der Waals surface area contributed by atoms with Gasteiger partial charge in [0.05, 0.1) is 6.33 Å². The van der Waals surface area contributed by atoms with Crippen molar-refractivity contribution in [3.63, 3.8) is 0 Å². The number of rotatable bonds is 6. The Balaban J connectivity index is 1.40. The van der Waals surface area contributed by atoms with Crippen molar-refractivity contribution in [2.75, 3.05) is 12.0 Å². The van der Waals surface area contributed by atoms with Gasteiger partial charge in [-0.05, 0) is 45.0 Å². The number of hydrogen-bond acceptors (Lipinski definition) is 9. The fraction of sp³-hybridized carbons (Fsp3) is 0.409. The summed E-state index contributed by atoms with van der Waals surface area (Å²) in [7, 11) is 0. The lowest BCUT2D eigenvalue weighted by atomic mass is 10.1. The monoisotopic (exact) mass is 501 g/mol. The molecule has 35 heavy (non-hydrogen) atoms. The molecule has 2 aliphatic rings. The molecule has 0 radical (unpaired) electrons. The van der Waals surface area contributed by atoms with E-state index in [1.807, 2.05) is 6.92 Å². The number of likely N-dealkylation sites (N-methyl/N-ethyl adjacent to an activating group) is 1. The third kappa shape index (κ3) is 4.41. The first-order valence-corrected chi connectivity index (χ1v) is 11.4. The van der Waals surface area contributed by atoms with Gasteiger partial charge in [-0.25, -0.2) is 15.0 Å². The number of imidazole rings is 1. The molecule has 2 amide bonds. The number of halogens is 1. The van der Waals surface area contributed by atoms with E-state index in [0.717, 1.165) is 0 Å². The molecule has 0 saturated carbocycles. The first kappa shape index (κ1) is 23.4. The molecule has 4 atom stereocenters. The van der Waals surface area contributed by atoms with Gasteiger partial charge in [0, 0.05) is 17.1 Å². The highest BCUT2D eigenvalue weighted by Gasteiger charge is 2.58. The van der Waals surface area contributed by atoms with Gasteiger partial charge < -0.3 is 19.5 Å². The number of benzene rings is 1. The van der Waals surface area contributed by atoms with Gasteiger partial charge in [-0.3, -0.25) is 25.0 Å². The minimum Gasteiger partial charge on any atom is -0.354 e. The summed E-state index contributed by atoms with van der Waals surface area (Å²) in [6.07, 6.45) is 0.124. The number of ether oxygens (including phenoxy) is 3.